The third-order valence-corrected chi connectivity index (χ3v) is 5.67. The predicted octanol–water partition coefficient (Wildman–Crippen LogP) is 3.90. The summed E-state index contributed by atoms with van der Waals surface area (Å²) < 4.78 is 1.97. The number of rotatable bonds is 8. The summed E-state index contributed by atoms with van der Waals surface area (Å²) in [5, 5.41) is 8.49. The molecule has 28 heavy (non-hydrogen) atoms. The largest absolute Gasteiger partial charge is 0.311 e. The minimum Gasteiger partial charge on any atom is -0.311 e. The van der Waals surface area contributed by atoms with E-state index in [2.05, 4.69) is 40.6 Å². The van der Waals surface area contributed by atoms with Gasteiger partial charge in [-0.3, -0.25) is 4.98 Å². The van der Waals surface area contributed by atoms with Crippen LogP contribution in [0.15, 0.2) is 61.1 Å². The Balaban J connectivity index is 1.45. The molecule has 0 aliphatic heterocycles. The number of benzene rings is 1. The molecule has 3 aromatic rings. The summed E-state index contributed by atoms with van der Waals surface area (Å²) in [4.78, 5) is 6.65. The van der Waals surface area contributed by atoms with E-state index in [4.69, 9.17) is 5.10 Å². The highest BCUT2D eigenvalue weighted by Crippen LogP contribution is 2.24. The molecule has 5 heteroatoms. The number of hydrogen-bond donors (Lipinski definition) is 1. The molecule has 2 aromatic heterocycles. The summed E-state index contributed by atoms with van der Waals surface area (Å²) in [6.45, 7) is 2.88. The van der Waals surface area contributed by atoms with Gasteiger partial charge < -0.3 is 10.2 Å². The Kier molecular flexibility index (Phi) is 6.14. The van der Waals surface area contributed by atoms with Gasteiger partial charge in [0.15, 0.2) is 0 Å². The molecular weight excluding hydrogens is 346 g/mol. The van der Waals surface area contributed by atoms with Gasteiger partial charge in [-0.15, -0.1) is 0 Å². The van der Waals surface area contributed by atoms with Crippen LogP contribution in [0.5, 0.6) is 0 Å². The molecule has 1 aliphatic rings. The average molecular weight is 376 g/mol. The molecule has 146 valence electrons. The van der Waals surface area contributed by atoms with Crippen LogP contribution in [0.2, 0.25) is 0 Å². The maximum atomic E-state index is 4.87. The van der Waals surface area contributed by atoms with E-state index >= 15 is 0 Å². The van der Waals surface area contributed by atoms with Crippen molar-refractivity contribution in [3.8, 4) is 16.9 Å². The maximum Gasteiger partial charge on any atom is 0.0973 e. The lowest BCUT2D eigenvalue weighted by atomic mass is 10.1. The van der Waals surface area contributed by atoms with Crippen LogP contribution in [0, 0.1) is 0 Å². The molecule has 1 aromatic carbocycles. The summed E-state index contributed by atoms with van der Waals surface area (Å²) in [6.07, 6.45) is 11.3. The lowest BCUT2D eigenvalue weighted by Crippen LogP contribution is -2.35. The number of nitrogens with zero attached hydrogens (tertiary/aromatic N) is 4. The monoisotopic (exact) mass is 375 g/mol. The average Bonchev–Trinajstić information content (AvgIpc) is 3.43. The minimum atomic E-state index is 0.773. The topological polar surface area (TPSA) is 46.0 Å². The van der Waals surface area contributed by atoms with E-state index in [1.807, 2.05) is 47.4 Å². The lowest BCUT2D eigenvalue weighted by Gasteiger charge is -2.23. The van der Waals surface area contributed by atoms with Crippen LogP contribution in [0.4, 0.5) is 0 Å². The molecule has 1 N–H and O–H groups in total. The van der Waals surface area contributed by atoms with Crippen molar-refractivity contribution in [1.82, 2.24) is 25.0 Å². The molecule has 4 rings (SSSR count). The second-order valence-electron chi connectivity index (χ2n) is 7.61. The molecule has 0 radical (unpaired) electrons. The Hall–Kier alpha value is -2.50. The molecule has 0 spiro atoms. The third kappa shape index (κ3) is 4.49. The Labute approximate surface area is 167 Å². The van der Waals surface area contributed by atoms with Gasteiger partial charge in [0.2, 0.25) is 0 Å². The van der Waals surface area contributed by atoms with Crippen LogP contribution < -0.4 is 5.32 Å². The zero-order valence-electron chi connectivity index (χ0n) is 16.6. The molecule has 0 unspecified atom stereocenters. The van der Waals surface area contributed by atoms with Gasteiger partial charge >= 0.3 is 0 Å². The highest BCUT2D eigenvalue weighted by molar-refractivity contribution is 5.62. The van der Waals surface area contributed by atoms with E-state index in [-0.39, 0.29) is 0 Å². The molecular formula is C23H29N5. The molecule has 2 heterocycles. The number of likely N-dealkylation sites (N-methyl/N-ethyl adjacent to an activating group) is 1. The van der Waals surface area contributed by atoms with Gasteiger partial charge in [0, 0.05) is 55.4 Å². The van der Waals surface area contributed by atoms with Crippen molar-refractivity contribution in [3.63, 3.8) is 0 Å². The Morgan fingerprint density at radius 2 is 1.82 bits per heavy atom. The van der Waals surface area contributed by atoms with Gasteiger partial charge in [0.05, 0.1) is 11.4 Å². The number of pyridine rings is 1. The Morgan fingerprint density at radius 3 is 2.57 bits per heavy atom. The van der Waals surface area contributed by atoms with Crippen LogP contribution in [-0.4, -0.2) is 45.8 Å². The van der Waals surface area contributed by atoms with Crippen molar-refractivity contribution in [3.05, 3.63) is 66.6 Å². The number of para-hydroxylation sites is 1. The Morgan fingerprint density at radius 1 is 1.07 bits per heavy atom. The second-order valence-corrected chi connectivity index (χ2v) is 7.61. The van der Waals surface area contributed by atoms with Crippen molar-refractivity contribution >= 4 is 0 Å². The van der Waals surface area contributed by atoms with Gasteiger partial charge in [-0.25, -0.2) is 4.68 Å². The second kappa shape index (κ2) is 9.13. The Bertz CT molecular complexity index is 853. The van der Waals surface area contributed by atoms with Crippen molar-refractivity contribution in [2.75, 3.05) is 20.1 Å². The predicted molar refractivity (Wildman–Crippen MR) is 113 cm³/mol. The van der Waals surface area contributed by atoms with Crippen molar-refractivity contribution in [1.29, 1.82) is 0 Å². The summed E-state index contributed by atoms with van der Waals surface area (Å²) in [6, 6.07) is 15.1. The fourth-order valence-corrected chi connectivity index (χ4v) is 4.01. The van der Waals surface area contributed by atoms with Crippen LogP contribution in [0.1, 0.15) is 31.2 Å². The minimum absolute atomic E-state index is 0.773. The first-order chi connectivity index (χ1) is 13.8. The van der Waals surface area contributed by atoms with Crippen LogP contribution in [-0.2, 0) is 6.54 Å². The standard InChI is InChI=1S/C23H29N5/c1-27(21-7-5-6-8-21)16-15-25-17-20-18-28(22-9-3-2-4-10-22)26-23(20)19-11-13-24-14-12-19/h2-4,9-14,18,21,25H,5-8,15-17H2,1H3. The first-order valence-corrected chi connectivity index (χ1v) is 10.3. The van der Waals surface area contributed by atoms with Crippen molar-refractivity contribution < 1.29 is 0 Å². The number of nitrogens with one attached hydrogen (secondary N) is 1. The molecule has 5 nitrogen and oxygen atoms in total. The molecule has 0 atom stereocenters. The smallest absolute Gasteiger partial charge is 0.0973 e. The number of aromatic nitrogens is 3. The molecule has 0 bridgehead atoms. The highest BCUT2D eigenvalue weighted by Gasteiger charge is 2.19. The van der Waals surface area contributed by atoms with Gasteiger partial charge in [-0.05, 0) is 44.2 Å². The van der Waals surface area contributed by atoms with E-state index in [1.165, 1.54) is 31.2 Å². The highest BCUT2D eigenvalue weighted by atomic mass is 15.3. The van der Waals surface area contributed by atoms with Crippen LogP contribution in [0.3, 0.4) is 0 Å². The fourth-order valence-electron chi connectivity index (χ4n) is 4.01. The van der Waals surface area contributed by atoms with Gasteiger partial charge in [-0.2, -0.15) is 5.10 Å². The SMILES string of the molecule is CN(CCNCc1cn(-c2ccccc2)nc1-c1ccncc1)C1CCCC1. The summed E-state index contributed by atoms with van der Waals surface area (Å²) in [5.74, 6) is 0. The van der Waals surface area contributed by atoms with Gasteiger partial charge in [0.25, 0.3) is 0 Å². The van der Waals surface area contributed by atoms with E-state index in [0.29, 0.717) is 0 Å². The first-order valence-electron chi connectivity index (χ1n) is 10.3. The summed E-state index contributed by atoms with van der Waals surface area (Å²) in [5.41, 5.74) is 4.40. The quantitative estimate of drug-likeness (QED) is 0.607. The van der Waals surface area contributed by atoms with Gasteiger partial charge in [-0.1, -0.05) is 31.0 Å². The normalized spacial score (nSPS) is 14.8. The van der Waals surface area contributed by atoms with Crippen molar-refractivity contribution in [2.45, 2.75) is 38.3 Å². The van der Waals surface area contributed by atoms with E-state index in [0.717, 1.165) is 42.6 Å². The summed E-state index contributed by atoms with van der Waals surface area (Å²) in [7, 11) is 2.26. The van der Waals surface area contributed by atoms with Crippen molar-refractivity contribution in [2.24, 2.45) is 0 Å². The fraction of sp³-hybridized carbons (Fsp3) is 0.391. The van der Waals surface area contributed by atoms with E-state index in [1.54, 1.807) is 0 Å². The lowest BCUT2D eigenvalue weighted by molar-refractivity contribution is 0.245. The third-order valence-electron chi connectivity index (χ3n) is 5.67. The maximum absolute atomic E-state index is 4.87. The van der Waals surface area contributed by atoms with Crippen LogP contribution in [0.25, 0.3) is 16.9 Å². The number of hydrogen-bond acceptors (Lipinski definition) is 4. The molecule has 0 amide bonds. The zero-order chi connectivity index (χ0) is 19.2. The van der Waals surface area contributed by atoms with Gasteiger partial charge in [0.1, 0.15) is 0 Å². The zero-order valence-corrected chi connectivity index (χ0v) is 16.6. The molecule has 1 fully saturated rings. The van der Waals surface area contributed by atoms with E-state index < -0.39 is 0 Å². The molecule has 1 saturated carbocycles. The first kappa shape index (κ1) is 18.8. The molecule has 0 saturated heterocycles. The summed E-state index contributed by atoms with van der Waals surface area (Å²) >= 11 is 0. The van der Waals surface area contributed by atoms with E-state index in [9.17, 15) is 0 Å². The van der Waals surface area contributed by atoms with Crippen LogP contribution >= 0.6 is 0 Å². The molecule has 1 aliphatic carbocycles.